The Morgan fingerprint density at radius 1 is 0.288 bits per heavy atom. The third-order valence-electron chi connectivity index (χ3n) is 13.4. The lowest BCUT2D eigenvalue weighted by Gasteiger charge is -2.18. The van der Waals surface area contributed by atoms with E-state index in [2.05, 4.69) is 106 Å². The Kier molecular flexibility index (Phi) is 58.3. The van der Waals surface area contributed by atoms with Crippen molar-refractivity contribution in [3.8, 4) is 0 Å². The highest BCUT2D eigenvalue weighted by atomic mass is 16.6. The summed E-state index contributed by atoms with van der Waals surface area (Å²) < 4.78 is 16.9. The van der Waals surface area contributed by atoms with Crippen LogP contribution < -0.4 is 0 Å². The molecule has 0 amide bonds. The van der Waals surface area contributed by atoms with Gasteiger partial charge in [0.1, 0.15) is 13.2 Å². The molecule has 0 rings (SSSR count). The average molecular weight is 1020 g/mol. The molecule has 0 heterocycles. The van der Waals surface area contributed by atoms with Crippen LogP contribution in [0.3, 0.4) is 0 Å². The summed E-state index contributed by atoms with van der Waals surface area (Å²) in [6, 6.07) is 0. The molecular weight excluding hydrogens is 901 g/mol. The van der Waals surface area contributed by atoms with E-state index in [4.69, 9.17) is 14.2 Å². The van der Waals surface area contributed by atoms with E-state index in [1.54, 1.807) is 0 Å². The van der Waals surface area contributed by atoms with Gasteiger partial charge in [-0.2, -0.15) is 0 Å². The van der Waals surface area contributed by atoms with Gasteiger partial charge >= 0.3 is 17.9 Å². The Balaban J connectivity index is 4.35. The molecule has 420 valence electrons. The smallest absolute Gasteiger partial charge is 0.306 e. The Morgan fingerprint density at radius 3 is 0.849 bits per heavy atom. The molecule has 6 nitrogen and oxygen atoms in total. The fourth-order valence-corrected chi connectivity index (χ4v) is 8.80. The zero-order valence-corrected chi connectivity index (χ0v) is 48.1. The van der Waals surface area contributed by atoms with Crippen LogP contribution in [0.4, 0.5) is 0 Å². The molecule has 0 aliphatic heterocycles. The quantitative estimate of drug-likeness (QED) is 0.0261. The standard InChI is InChI=1S/C67H116O6/c1-4-7-10-13-16-19-22-25-27-29-31-33-35-37-39-42-45-48-51-54-57-60-66(69)72-63-64(62-71-65(68)59-56-53-50-47-44-41-24-21-18-15-12-9-6-3)73-67(70)61-58-55-52-49-46-43-40-38-36-34-32-30-28-26-23-20-17-14-11-8-5-2/h7,9-10,12,16,18-19,21,25,27,31,33,41,44,64H,4-6,8,11,13-15,17,20,22-24,26,28-30,32,34-40,42-43,45-63H2,1-3H3/b10-7-,12-9-,19-16-,21-18-,27-25-,33-31-,44-41-. The minimum atomic E-state index is -0.792. The van der Waals surface area contributed by atoms with E-state index in [0.29, 0.717) is 19.3 Å². The van der Waals surface area contributed by atoms with Crippen LogP contribution in [0.25, 0.3) is 0 Å². The Bertz CT molecular complexity index is 1400. The fourth-order valence-electron chi connectivity index (χ4n) is 8.80. The third-order valence-corrected chi connectivity index (χ3v) is 13.4. The van der Waals surface area contributed by atoms with E-state index in [9.17, 15) is 14.4 Å². The van der Waals surface area contributed by atoms with Crippen LogP contribution in [0, 0.1) is 0 Å². The summed E-state index contributed by atoms with van der Waals surface area (Å²) in [5.74, 6) is -0.913. The van der Waals surface area contributed by atoms with Gasteiger partial charge in [0.2, 0.25) is 0 Å². The Labute approximate surface area is 452 Å². The highest BCUT2D eigenvalue weighted by Crippen LogP contribution is 2.17. The van der Waals surface area contributed by atoms with Crippen LogP contribution in [-0.2, 0) is 28.6 Å². The minimum absolute atomic E-state index is 0.0883. The highest BCUT2D eigenvalue weighted by molar-refractivity contribution is 5.71. The van der Waals surface area contributed by atoms with Gasteiger partial charge in [-0.15, -0.1) is 0 Å². The van der Waals surface area contributed by atoms with Gasteiger partial charge in [0.05, 0.1) is 0 Å². The second-order valence-electron chi connectivity index (χ2n) is 20.6. The number of rotatable bonds is 56. The average Bonchev–Trinajstić information content (AvgIpc) is 3.39. The van der Waals surface area contributed by atoms with Crippen molar-refractivity contribution in [2.24, 2.45) is 0 Å². The zero-order valence-electron chi connectivity index (χ0n) is 48.1. The van der Waals surface area contributed by atoms with Crippen LogP contribution >= 0.6 is 0 Å². The monoisotopic (exact) mass is 1020 g/mol. The number of allylic oxidation sites excluding steroid dienone is 14. The number of carbonyl (C=O) groups is 3. The number of carbonyl (C=O) groups excluding carboxylic acids is 3. The first-order valence-corrected chi connectivity index (χ1v) is 31.1. The van der Waals surface area contributed by atoms with E-state index >= 15 is 0 Å². The minimum Gasteiger partial charge on any atom is -0.462 e. The van der Waals surface area contributed by atoms with Crippen LogP contribution in [-0.4, -0.2) is 37.2 Å². The molecule has 0 fully saturated rings. The van der Waals surface area contributed by atoms with Crippen LogP contribution in [0.1, 0.15) is 303 Å². The molecule has 1 atom stereocenters. The zero-order chi connectivity index (χ0) is 52.9. The van der Waals surface area contributed by atoms with Crippen LogP contribution in [0.5, 0.6) is 0 Å². The maximum Gasteiger partial charge on any atom is 0.306 e. The molecule has 0 radical (unpaired) electrons. The number of esters is 3. The van der Waals surface area contributed by atoms with Gasteiger partial charge in [-0.3, -0.25) is 14.4 Å². The van der Waals surface area contributed by atoms with Crippen LogP contribution in [0.15, 0.2) is 85.1 Å². The summed E-state index contributed by atoms with van der Waals surface area (Å²) in [6.45, 7) is 6.42. The highest BCUT2D eigenvalue weighted by Gasteiger charge is 2.19. The van der Waals surface area contributed by atoms with E-state index in [-0.39, 0.29) is 31.1 Å². The fraction of sp³-hybridized carbons (Fsp3) is 0.746. The van der Waals surface area contributed by atoms with E-state index in [0.717, 1.165) is 116 Å². The second kappa shape index (κ2) is 61.1. The maximum absolute atomic E-state index is 12.9. The molecule has 0 aromatic rings. The van der Waals surface area contributed by atoms with Gasteiger partial charge in [-0.1, -0.05) is 279 Å². The third kappa shape index (κ3) is 59.3. The molecule has 0 aliphatic rings. The van der Waals surface area contributed by atoms with Crippen molar-refractivity contribution in [1.29, 1.82) is 0 Å². The lowest BCUT2D eigenvalue weighted by molar-refractivity contribution is -0.167. The number of ether oxygens (including phenoxy) is 3. The normalized spacial score (nSPS) is 12.6. The first kappa shape index (κ1) is 69.6. The summed E-state index contributed by atoms with van der Waals surface area (Å²) in [4.78, 5) is 38.3. The topological polar surface area (TPSA) is 78.9 Å². The van der Waals surface area contributed by atoms with Crippen molar-refractivity contribution in [3.05, 3.63) is 85.1 Å². The molecule has 0 aromatic carbocycles. The molecule has 1 unspecified atom stereocenters. The number of unbranched alkanes of at least 4 members (excludes halogenated alkanes) is 31. The molecule has 0 spiro atoms. The van der Waals surface area contributed by atoms with Gasteiger partial charge in [-0.25, -0.2) is 0 Å². The molecule has 0 saturated carbocycles. The molecule has 0 N–H and O–H groups in total. The molecule has 0 bridgehead atoms. The largest absolute Gasteiger partial charge is 0.462 e. The van der Waals surface area contributed by atoms with Gasteiger partial charge in [-0.05, 0) is 89.9 Å². The summed E-state index contributed by atoms with van der Waals surface area (Å²) in [7, 11) is 0. The predicted molar refractivity (Wildman–Crippen MR) is 316 cm³/mol. The summed E-state index contributed by atoms with van der Waals surface area (Å²) >= 11 is 0. The first-order chi connectivity index (χ1) is 36.0. The number of hydrogen-bond donors (Lipinski definition) is 0. The van der Waals surface area contributed by atoms with E-state index in [1.807, 2.05) is 0 Å². The van der Waals surface area contributed by atoms with Gasteiger partial charge in [0, 0.05) is 19.3 Å². The van der Waals surface area contributed by atoms with E-state index in [1.165, 1.54) is 148 Å². The van der Waals surface area contributed by atoms with Crippen molar-refractivity contribution in [2.75, 3.05) is 13.2 Å². The maximum atomic E-state index is 12.9. The molecule has 0 aliphatic carbocycles. The SMILES string of the molecule is CC/C=C\C/C=C\C/C=C\C/C=C\CCCCCCCCCCC(=O)OCC(COC(=O)CCCCC/C=C\C/C=C\C/C=C\CC)OC(=O)CCCCCCCCCCCCCCCCCCCCCCC. The molecule has 6 heteroatoms. The van der Waals surface area contributed by atoms with Gasteiger partial charge in [0.25, 0.3) is 0 Å². The van der Waals surface area contributed by atoms with Crippen molar-refractivity contribution >= 4 is 17.9 Å². The summed E-state index contributed by atoms with van der Waals surface area (Å²) in [5.41, 5.74) is 0. The van der Waals surface area contributed by atoms with Crippen molar-refractivity contribution in [2.45, 2.75) is 309 Å². The summed E-state index contributed by atoms with van der Waals surface area (Å²) in [6.07, 6.45) is 80.2. The Hall–Kier alpha value is -3.41. The molecule has 73 heavy (non-hydrogen) atoms. The van der Waals surface area contributed by atoms with Gasteiger partial charge < -0.3 is 14.2 Å². The molecule has 0 saturated heterocycles. The molecular formula is C67H116O6. The lowest BCUT2D eigenvalue weighted by atomic mass is 10.0. The first-order valence-electron chi connectivity index (χ1n) is 31.1. The molecule has 0 aromatic heterocycles. The number of hydrogen-bond acceptors (Lipinski definition) is 6. The van der Waals surface area contributed by atoms with Crippen molar-refractivity contribution < 1.29 is 28.6 Å². The van der Waals surface area contributed by atoms with Crippen LogP contribution in [0.2, 0.25) is 0 Å². The predicted octanol–water partition coefficient (Wildman–Crippen LogP) is 21.1. The van der Waals surface area contributed by atoms with Crippen molar-refractivity contribution in [1.82, 2.24) is 0 Å². The Morgan fingerprint density at radius 2 is 0.534 bits per heavy atom. The summed E-state index contributed by atoms with van der Waals surface area (Å²) in [5, 5.41) is 0. The van der Waals surface area contributed by atoms with Crippen molar-refractivity contribution in [3.63, 3.8) is 0 Å². The van der Waals surface area contributed by atoms with Gasteiger partial charge in [0.15, 0.2) is 6.10 Å². The second-order valence-corrected chi connectivity index (χ2v) is 20.6. The van der Waals surface area contributed by atoms with E-state index < -0.39 is 6.10 Å². The lowest BCUT2D eigenvalue weighted by Crippen LogP contribution is -2.30.